The lowest BCUT2D eigenvalue weighted by molar-refractivity contribution is 0.415. The van der Waals surface area contributed by atoms with Crippen LogP contribution in [0.2, 0.25) is 0 Å². The van der Waals surface area contributed by atoms with Crippen molar-refractivity contribution in [2.75, 3.05) is 14.2 Å². The molecule has 0 atom stereocenters. The highest BCUT2D eigenvalue weighted by atomic mass is 16.5. The first-order valence-corrected chi connectivity index (χ1v) is 7.85. The van der Waals surface area contributed by atoms with Gasteiger partial charge in [0.2, 0.25) is 0 Å². The van der Waals surface area contributed by atoms with Crippen molar-refractivity contribution in [1.29, 1.82) is 0 Å². The Morgan fingerprint density at radius 3 is 2.26 bits per heavy atom. The second kappa shape index (κ2) is 5.20. The lowest BCUT2D eigenvalue weighted by Crippen LogP contribution is -1.87. The molecule has 0 fully saturated rings. The molecule has 0 saturated carbocycles. The lowest BCUT2D eigenvalue weighted by atomic mass is 9.99. The second-order valence-electron chi connectivity index (χ2n) is 5.67. The van der Waals surface area contributed by atoms with Gasteiger partial charge in [0.05, 0.1) is 30.8 Å². The van der Waals surface area contributed by atoms with Gasteiger partial charge in [-0.2, -0.15) is 0 Å². The molecule has 3 heteroatoms. The summed E-state index contributed by atoms with van der Waals surface area (Å²) in [4.78, 5) is 0. The van der Waals surface area contributed by atoms with Gasteiger partial charge in [-0.3, -0.25) is 0 Å². The normalized spacial score (nSPS) is 11.4. The average molecular weight is 305 g/mol. The Morgan fingerprint density at radius 2 is 1.61 bits per heavy atom. The highest BCUT2D eigenvalue weighted by Gasteiger charge is 2.20. The number of benzene rings is 1. The maximum absolute atomic E-state index is 5.54. The van der Waals surface area contributed by atoms with Crippen LogP contribution in [0.25, 0.3) is 27.7 Å². The van der Waals surface area contributed by atoms with Crippen LogP contribution in [0.5, 0.6) is 11.5 Å². The van der Waals surface area contributed by atoms with Crippen molar-refractivity contribution in [3.05, 3.63) is 54.1 Å². The molecule has 3 nitrogen and oxygen atoms in total. The third-order valence-electron chi connectivity index (χ3n) is 4.57. The number of nitrogens with zero attached hydrogens (tertiary/aromatic N) is 1. The van der Waals surface area contributed by atoms with Crippen molar-refractivity contribution in [1.82, 2.24) is 4.40 Å². The van der Waals surface area contributed by atoms with E-state index in [2.05, 4.69) is 47.7 Å². The van der Waals surface area contributed by atoms with Gasteiger partial charge in [0.25, 0.3) is 0 Å². The van der Waals surface area contributed by atoms with Crippen molar-refractivity contribution in [3.63, 3.8) is 0 Å². The molecule has 0 aliphatic carbocycles. The van der Waals surface area contributed by atoms with Crippen LogP contribution in [0, 0.1) is 0 Å². The van der Waals surface area contributed by atoms with Crippen LogP contribution < -0.4 is 9.47 Å². The van der Waals surface area contributed by atoms with Gasteiger partial charge in [-0.15, -0.1) is 0 Å². The van der Waals surface area contributed by atoms with Gasteiger partial charge in [-0.05, 0) is 41.8 Å². The van der Waals surface area contributed by atoms with E-state index in [9.17, 15) is 0 Å². The number of methoxy groups -OCH3 is 2. The summed E-state index contributed by atoms with van der Waals surface area (Å²) in [5, 5.41) is 0. The first-order valence-electron chi connectivity index (χ1n) is 7.85. The van der Waals surface area contributed by atoms with E-state index in [0.29, 0.717) is 0 Å². The Kier molecular flexibility index (Phi) is 3.15. The maximum atomic E-state index is 5.54. The molecule has 0 spiro atoms. The Labute approximate surface area is 135 Å². The number of hydrogen-bond acceptors (Lipinski definition) is 2. The number of ether oxygens (including phenoxy) is 2. The zero-order valence-electron chi connectivity index (χ0n) is 13.6. The van der Waals surface area contributed by atoms with Crippen LogP contribution >= 0.6 is 0 Å². The minimum Gasteiger partial charge on any atom is -0.497 e. The minimum absolute atomic E-state index is 0.880. The Morgan fingerprint density at radius 1 is 0.870 bits per heavy atom. The van der Waals surface area contributed by atoms with Gasteiger partial charge in [-0.1, -0.05) is 25.1 Å². The second-order valence-corrected chi connectivity index (χ2v) is 5.67. The van der Waals surface area contributed by atoms with E-state index in [-0.39, 0.29) is 0 Å². The number of rotatable bonds is 4. The van der Waals surface area contributed by atoms with Crippen molar-refractivity contribution in [2.45, 2.75) is 13.3 Å². The summed E-state index contributed by atoms with van der Waals surface area (Å²) >= 11 is 0. The SMILES string of the molecule is CCc1c(-c2ccc(OC)cc2)c2cccc3c(OC)cc1n32. The van der Waals surface area contributed by atoms with Gasteiger partial charge < -0.3 is 13.9 Å². The minimum atomic E-state index is 0.880. The summed E-state index contributed by atoms with van der Waals surface area (Å²) in [5.74, 6) is 1.81. The van der Waals surface area contributed by atoms with E-state index >= 15 is 0 Å². The molecule has 0 amide bonds. The molecule has 116 valence electrons. The maximum Gasteiger partial charge on any atom is 0.144 e. The number of pyridine rings is 1. The van der Waals surface area contributed by atoms with Gasteiger partial charge in [0, 0.05) is 11.6 Å². The summed E-state index contributed by atoms with van der Waals surface area (Å²) in [6, 6.07) is 16.8. The fourth-order valence-electron chi connectivity index (χ4n) is 3.52. The predicted molar refractivity (Wildman–Crippen MR) is 94.0 cm³/mol. The van der Waals surface area contributed by atoms with E-state index < -0.39 is 0 Å². The molecule has 1 aromatic carbocycles. The highest BCUT2D eigenvalue weighted by molar-refractivity contribution is 5.96. The Hall–Kier alpha value is -2.68. The molecule has 4 rings (SSSR count). The zero-order chi connectivity index (χ0) is 16.0. The highest BCUT2D eigenvalue weighted by Crippen LogP contribution is 2.40. The van der Waals surface area contributed by atoms with E-state index in [0.717, 1.165) is 23.4 Å². The van der Waals surface area contributed by atoms with Crippen molar-refractivity contribution >= 4 is 16.6 Å². The fourth-order valence-corrected chi connectivity index (χ4v) is 3.52. The summed E-state index contributed by atoms with van der Waals surface area (Å²) in [5.41, 5.74) is 7.46. The number of aromatic nitrogens is 1. The molecule has 3 aromatic heterocycles. The Bertz CT molecular complexity index is 967. The summed E-state index contributed by atoms with van der Waals surface area (Å²) in [6.45, 7) is 2.20. The van der Waals surface area contributed by atoms with E-state index in [4.69, 9.17) is 9.47 Å². The van der Waals surface area contributed by atoms with Crippen LogP contribution in [-0.2, 0) is 6.42 Å². The molecular weight excluding hydrogens is 286 g/mol. The molecule has 0 radical (unpaired) electrons. The van der Waals surface area contributed by atoms with E-state index in [1.165, 1.54) is 27.7 Å². The summed E-state index contributed by atoms with van der Waals surface area (Å²) < 4.78 is 13.1. The third-order valence-corrected chi connectivity index (χ3v) is 4.57. The molecule has 0 saturated heterocycles. The molecule has 0 unspecified atom stereocenters. The van der Waals surface area contributed by atoms with Crippen molar-refractivity contribution < 1.29 is 9.47 Å². The Balaban J connectivity index is 2.06. The van der Waals surface area contributed by atoms with Crippen molar-refractivity contribution in [2.24, 2.45) is 0 Å². The third kappa shape index (κ3) is 1.89. The van der Waals surface area contributed by atoms with E-state index in [1.54, 1.807) is 14.2 Å². The first-order chi connectivity index (χ1) is 11.3. The van der Waals surface area contributed by atoms with Gasteiger partial charge in [-0.25, -0.2) is 0 Å². The van der Waals surface area contributed by atoms with Gasteiger partial charge in [0.1, 0.15) is 11.5 Å². The summed E-state index contributed by atoms with van der Waals surface area (Å²) in [6.07, 6.45) is 0.977. The van der Waals surface area contributed by atoms with Crippen LogP contribution in [-0.4, -0.2) is 18.6 Å². The zero-order valence-corrected chi connectivity index (χ0v) is 13.6. The molecule has 3 heterocycles. The molecule has 4 aromatic rings. The quantitative estimate of drug-likeness (QED) is 0.541. The van der Waals surface area contributed by atoms with Crippen LogP contribution in [0.4, 0.5) is 0 Å². The molecule has 0 N–H and O–H groups in total. The van der Waals surface area contributed by atoms with Crippen molar-refractivity contribution in [3.8, 4) is 22.6 Å². The fraction of sp³-hybridized carbons (Fsp3) is 0.200. The standard InChI is InChI=1S/C20H19NO2/c1-4-15-18-12-19(23-3)16-6-5-7-17(21(16)18)20(15)13-8-10-14(22-2)11-9-13/h5-12H,4H2,1-3H3. The van der Waals surface area contributed by atoms with Gasteiger partial charge in [0.15, 0.2) is 0 Å². The average Bonchev–Trinajstić information content (AvgIpc) is 3.13. The van der Waals surface area contributed by atoms with E-state index in [1.807, 2.05) is 12.1 Å². The molecule has 0 aliphatic heterocycles. The largest absolute Gasteiger partial charge is 0.497 e. The van der Waals surface area contributed by atoms with Gasteiger partial charge >= 0.3 is 0 Å². The monoisotopic (exact) mass is 305 g/mol. The van der Waals surface area contributed by atoms with Crippen LogP contribution in [0.1, 0.15) is 12.5 Å². The molecule has 0 aliphatic rings. The summed E-state index contributed by atoms with van der Waals surface area (Å²) in [7, 11) is 3.42. The smallest absolute Gasteiger partial charge is 0.144 e. The molecule has 0 bridgehead atoms. The molecule has 23 heavy (non-hydrogen) atoms. The lowest BCUT2D eigenvalue weighted by Gasteiger charge is -2.07. The van der Waals surface area contributed by atoms with Crippen LogP contribution in [0.15, 0.2) is 48.5 Å². The first kappa shape index (κ1) is 13.9. The van der Waals surface area contributed by atoms with Crippen LogP contribution in [0.3, 0.4) is 0 Å². The predicted octanol–water partition coefficient (Wildman–Crippen LogP) is 4.78. The topological polar surface area (TPSA) is 22.9 Å². The number of hydrogen-bond donors (Lipinski definition) is 0. The number of aryl methyl sites for hydroxylation is 1. The molecular formula is C20H19NO2.